The zero-order valence-electron chi connectivity index (χ0n) is 18.0. The molecule has 7 heteroatoms. The number of H-pyrrole nitrogens is 1. The average Bonchev–Trinajstić information content (AvgIpc) is 3.13. The van der Waals surface area contributed by atoms with Crippen molar-refractivity contribution in [3.8, 4) is 5.88 Å². The molecule has 0 aliphatic heterocycles. The molecule has 4 aromatic rings. The van der Waals surface area contributed by atoms with Crippen LogP contribution in [0, 0.1) is 5.82 Å². The van der Waals surface area contributed by atoms with E-state index in [1.54, 1.807) is 18.2 Å². The first kappa shape index (κ1) is 22.7. The lowest BCUT2D eigenvalue weighted by molar-refractivity contribution is 0.193. The highest BCUT2D eigenvalue weighted by Gasteiger charge is 2.26. The maximum absolute atomic E-state index is 13.7. The molecule has 0 aliphatic rings. The lowest BCUT2D eigenvalue weighted by Gasteiger charge is -2.28. The second-order valence-corrected chi connectivity index (χ2v) is 8.02. The highest BCUT2D eigenvalue weighted by atomic mass is 19.1. The Morgan fingerprint density at radius 3 is 2.24 bits per heavy atom. The summed E-state index contributed by atoms with van der Waals surface area (Å²) >= 11 is 0. The summed E-state index contributed by atoms with van der Waals surface area (Å²) in [5.41, 5.74) is 9.28. The van der Waals surface area contributed by atoms with E-state index in [0.29, 0.717) is 40.7 Å². The molecule has 4 rings (SSSR count). The third-order valence-corrected chi connectivity index (χ3v) is 5.82. The quantitative estimate of drug-likeness (QED) is 0.262. The van der Waals surface area contributed by atoms with Gasteiger partial charge in [0.25, 0.3) is 0 Å². The van der Waals surface area contributed by atoms with Gasteiger partial charge in [-0.15, -0.1) is 0 Å². The van der Waals surface area contributed by atoms with Crippen LogP contribution in [0.25, 0.3) is 10.9 Å². The van der Waals surface area contributed by atoms with Crippen LogP contribution in [0.3, 0.4) is 0 Å². The van der Waals surface area contributed by atoms with Gasteiger partial charge in [-0.2, -0.15) is 0 Å². The van der Waals surface area contributed by atoms with Crippen LogP contribution in [0.2, 0.25) is 0 Å². The molecule has 170 valence electrons. The van der Waals surface area contributed by atoms with Gasteiger partial charge in [-0.25, -0.2) is 9.38 Å². The van der Waals surface area contributed by atoms with E-state index in [2.05, 4.69) is 4.98 Å². The lowest BCUT2D eigenvalue weighted by atomic mass is 9.85. The number of nitrogens with one attached hydrogen (secondary N) is 1. The molecule has 3 aromatic carbocycles. The van der Waals surface area contributed by atoms with Gasteiger partial charge in [0.05, 0.1) is 22.5 Å². The smallest absolute Gasteiger partial charge is 0.199 e. The fraction of sp³-hybridized carbons (Fsp3) is 0.192. The number of nitrogens with zero attached hydrogens (tertiary/aromatic N) is 1. The van der Waals surface area contributed by atoms with Crippen molar-refractivity contribution in [1.29, 1.82) is 0 Å². The fourth-order valence-corrected chi connectivity index (χ4v) is 4.07. The Kier molecular flexibility index (Phi) is 6.55. The summed E-state index contributed by atoms with van der Waals surface area (Å²) < 4.78 is 13.7. The summed E-state index contributed by atoms with van der Waals surface area (Å²) in [6.07, 6.45) is 0.649. The molecule has 1 aromatic heterocycles. The van der Waals surface area contributed by atoms with E-state index in [4.69, 9.17) is 10.7 Å². The van der Waals surface area contributed by atoms with E-state index in [0.717, 1.165) is 11.1 Å². The van der Waals surface area contributed by atoms with Crippen LogP contribution < -0.4 is 5.73 Å². The first-order chi connectivity index (χ1) is 15.9. The molecule has 0 unspecified atom stereocenters. The number of halogens is 1. The van der Waals surface area contributed by atoms with E-state index in [1.165, 1.54) is 12.1 Å². The standard InChI is InChI=1S/C26H26FN3O3/c27-19-8-11-21-22(16-19)30-25(33)23(21)24(17-4-2-1-3-5-17)29-20-9-6-18(7-10-20)26(28,12-14-31)13-15-32/h1-11,16,30-33H,12-15,28H2. The molecule has 1 heterocycles. The molecule has 0 saturated heterocycles. The molecule has 0 radical (unpaired) electrons. The normalized spacial score (nSPS) is 12.4. The molecule has 0 bridgehead atoms. The summed E-state index contributed by atoms with van der Waals surface area (Å²) in [6.45, 7) is -0.177. The molecule has 0 aliphatic carbocycles. The number of nitrogens with two attached hydrogens (primary N) is 1. The Hall–Kier alpha value is -3.52. The number of aliphatic hydroxyl groups excluding tert-OH is 2. The topological polar surface area (TPSA) is 115 Å². The first-order valence-corrected chi connectivity index (χ1v) is 10.7. The summed E-state index contributed by atoms with van der Waals surface area (Å²) in [5, 5.41) is 30.1. The van der Waals surface area contributed by atoms with Crippen LogP contribution in [-0.2, 0) is 5.54 Å². The Labute approximate surface area is 190 Å². The Bertz CT molecular complexity index is 1260. The van der Waals surface area contributed by atoms with Crippen molar-refractivity contribution in [1.82, 2.24) is 4.98 Å². The first-order valence-electron chi connectivity index (χ1n) is 10.7. The summed E-state index contributed by atoms with van der Waals surface area (Å²) in [5.74, 6) is -0.498. The number of benzene rings is 3. The monoisotopic (exact) mass is 447 g/mol. The Morgan fingerprint density at radius 1 is 0.939 bits per heavy atom. The van der Waals surface area contributed by atoms with Crippen molar-refractivity contribution >= 4 is 22.3 Å². The second kappa shape index (κ2) is 9.54. The third kappa shape index (κ3) is 4.66. The van der Waals surface area contributed by atoms with E-state index in [1.807, 2.05) is 42.5 Å². The SMILES string of the molecule is NC(CCO)(CCO)c1ccc(N=C(c2ccccc2)c2c(O)[nH]c3cc(F)ccc23)cc1. The number of fused-ring (bicyclic) bond motifs is 1. The molecular weight excluding hydrogens is 421 g/mol. The predicted octanol–water partition coefficient (Wildman–Crippen LogP) is 4.10. The summed E-state index contributed by atoms with van der Waals surface area (Å²) in [6, 6.07) is 21.0. The van der Waals surface area contributed by atoms with Crippen LogP contribution >= 0.6 is 0 Å². The van der Waals surface area contributed by atoms with E-state index >= 15 is 0 Å². The minimum atomic E-state index is -0.840. The second-order valence-electron chi connectivity index (χ2n) is 8.02. The van der Waals surface area contributed by atoms with Crippen molar-refractivity contribution in [3.05, 3.63) is 95.3 Å². The number of aliphatic hydroxyl groups is 2. The van der Waals surface area contributed by atoms with Gasteiger partial charge in [0.15, 0.2) is 5.88 Å². The van der Waals surface area contributed by atoms with Gasteiger partial charge in [0.2, 0.25) is 0 Å². The third-order valence-electron chi connectivity index (χ3n) is 5.82. The largest absolute Gasteiger partial charge is 0.494 e. The van der Waals surface area contributed by atoms with Crippen molar-refractivity contribution in [2.24, 2.45) is 10.7 Å². The number of aromatic hydroxyl groups is 1. The van der Waals surface area contributed by atoms with Crippen LogP contribution in [0.1, 0.15) is 29.5 Å². The van der Waals surface area contributed by atoms with Gasteiger partial charge in [-0.3, -0.25) is 0 Å². The zero-order chi connectivity index (χ0) is 23.4. The number of aliphatic imine (C=N–C) groups is 1. The average molecular weight is 448 g/mol. The molecule has 6 nitrogen and oxygen atoms in total. The number of aromatic amines is 1. The van der Waals surface area contributed by atoms with E-state index < -0.39 is 11.4 Å². The van der Waals surface area contributed by atoms with E-state index in [-0.39, 0.29) is 19.1 Å². The molecule has 33 heavy (non-hydrogen) atoms. The van der Waals surface area contributed by atoms with Crippen LogP contribution in [-0.4, -0.2) is 39.2 Å². The molecule has 0 saturated carbocycles. The van der Waals surface area contributed by atoms with Gasteiger partial charge in [0.1, 0.15) is 5.82 Å². The maximum Gasteiger partial charge on any atom is 0.199 e. The molecule has 0 fully saturated rings. The van der Waals surface area contributed by atoms with Gasteiger partial charge in [-0.05, 0) is 48.7 Å². The highest BCUT2D eigenvalue weighted by Crippen LogP contribution is 2.33. The minimum Gasteiger partial charge on any atom is -0.494 e. The van der Waals surface area contributed by atoms with Crippen molar-refractivity contribution in [3.63, 3.8) is 0 Å². The number of rotatable bonds is 8. The molecular formula is C26H26FN3O3. The lowest BCUT2D eigenvalue weighted by Crippen LogP contribution is -2.38. The molecule has 0 amide bonds. The molecule has 0 spiro atoms. The van der Waals surface area contributed by atoms with Gasteiger partial charge >= 0.3 is 0 Å². The van der Waals surface area contributed by atoms with Gasteiger partial charge in [0, 0.05) is 29.7 Å². The number of hydrogen-bond acceptors (Lipinski definition) is 5. The maximum atomic E-state index is 13.7. The van der Waals surface area contributed by atoms with Gasteiger partial charge < -0.3 is 26.0 Å². The van der Waals surface area contributed by atoms with Crippen molar-refractivity contribution < 1.29 is 19.7 Å². The highest BCUT2D eigenvalue weighted by molar-refractivity contribution is 6.21. The van der Waals surface area contributed by atoms with Crippen molar-refractivity contribution in [2.45, 2.75) is 18.4 Å². The fourth-order valence-electron chi connectivity index (χ4n) is 4.07. The van der Waals surface area contributed by atoms with Crippen LogP contribution in [0.15, 0.2) is 77.8 Å². The number of aromatic nitrogens is 1. The molecule has 6 N–H and O–H groups in total. The Morgan fingerprint density at radius 2 is 1.61 bits per heavy atom. The minimum absolute atomic E-state index is 0.0883. The summed E-state index contributed by atoms with van der Waals surface area (Å²) in [7, 11) is 0. The van der Waals surface area contributed by atoms with Crippen LogP contribution in [0.5, 0.6) is 5.88 Å². The van der Waals surface area contributed by atoms with E-state index in [9.17, 15) is 19.7 Å². The number of hydrogen-bond donors (Lipinski definition) is 5. The Balaban J connectivity index is 1.82. The molecule has 0 atom stereocenters. The zero-order valence-corrected chi connectivity index (χ0v) is 18.0. The van der Waals surface area contributed by atoms with Gasteiger partial charge in [-0.1, -0.05) is 42.5 Å². The summed E-state index contributed by atoms with van der Waals surface area (Å²) in [4.78, 5) is 7.66. The van der Waals surface area contributed by atoms with Crippen molar-refractivity contribution in [2.75, 3.05) is 13.2 Å². The van der Waals surface area contributed by atoms with Crippen LogP contribution in [0.4, 0.5) is 10.1 Å². The predicted molar refractivity (Wildman–Crippen MR) is 127 cm³/mol.